The van der Waals surface area contributed by atoms with Crippen molar-refractivity contribution in [1.29, 1.82) is 0 Å². The van der Waals surface area contributed by atoms with E-state index in [0.29, 0.717) is 18.6 Å². The van der Waals surface area contributed by atoms with Gasteiger partial charge in [-0.1, -0.05) is 6.92 Å². The molecule has 1 aliphatic rings. The molecule has 1 fully saturated rings. The topological polar surface area (TPSA) is 30.5 Å². The lowest BCUT2D eigenvalue weighted by atomic mass is 9.98. The van der Waals surface area contributed by atoms with Crippen LogP contribution < -0.4 is 5.32 Å². The highest BCUT2D eigenvalue weighted by Crippen LogP contribution is 2.16. The number of rotatable bonds is 5. The Morgan fingerprint density at radius 1 is 1.50 bits per heavy atom. The normalized spacial score (nSPS) is 30.2. The summed E-state index contributed by atoms with van der Waals surface area (Å²) in [5.41, 5.74) is 0. The SMILES string of the molecule is CCOCC(C)OC1CCNCC1C. The second-order valence-electron chi connectivity index (χ2n) is 4.11. The molecule has 1 rings (SSSR count). The third-order valence-corrected chi connectivity index (χ3v) is 2.67. The molecule has 3 heteroatoms. The van der Waals surface area contributed by atoms with Crippen LogP contribution in [0.25, 0.3) is 0 Å². The van der Waals surface area contributed by atoms with Gasteiger partial charge in [0.1, 0.15) is 0 Å². The Labute approximate surface area is 87.2 Å². The highest BCUT2D eigenvalue weighted by molar-refractivity contribution is 4.76. The maximum atomic E-state index is 5.94. The van der Waals surface area contributed by atoms with Crippen molar-refractivity contribution in [3.63, 3.8) is 0 Å². The fraction of sp³-hybridized carbons (Fsp3) is 1.00. The fourth-order valence-corrected chi connectivity index (χ4v) is 1.81. The van der Waals surface area contributed by atoms with Gasteiger partial charge in [0.25, 0.3) is 0 Å². The first kappa shape index (κ1) is 12.0. The molecule has 0 bridgehead atoms. The van der Waals surface area contributed by atoms with Crippen molar-refractivity contribution >= 4 is 0 Å². The lowest BCUT2D eigenvalue weighted by molar-refractivity contribution is -0.0741. The average molecular weight is 201 g/mol. The monoisotopic (exact) mass is 201 g/mol. The summed E-state index contributed by atoms with van der Waals surface area (Å²) >= 11 is 0. The van der Waals surface area contributed by atoms with E-state index >= 15 is 0 Å². The van der Waals surface area contributed by atoms with Crippen LogP contribution in [0.2, 0.25) is 0 Å². The number of nitrogens with one attached hydrogen (secondary N) is 1. The maximum Gasteiger partial charge on any atom is 0.0784 e. The van der Waals surface area contributed by atoms with Crippen LogP contribution in [0.15, 0.2) is 0 Å². The molecule has 0 aromatic carbocycles. The second-order valence-corrected chi connectivity index (χ2v) is 4.11. The minimum Gasteiger partial charge on any atom is -0.379 e. The molecule has 1 N–H and O–H groups in total. The van der Waals surface area contributed by atoms with Crippen LogP contribution in [0.5, 0.6) is 0 Å². The molecule has 0 aliphatic carbocycles. The van der Waals surface area contributed by atoms with Gasteiger partial charge in [-0.25, -0.2) is 0 Å². The van der Waals surface area contributed by atoms with Crippen molar-refractivity contribution in [2.45, 2.75) is 39.4 Å². The molecule has 84 valence electrons. The average Bonchev–Trinajstić information content (AvgIpc) is 2.18. The molecule has 0 aromatic rings. The Balaban J connectivity index is 2.20. The molecule has 0 saturated carbocycles. The number of ether oxygens (including phenoxy) is 2. The Morgan fingerprint density at radius 3 is 2.93 bits per heavy atom. The third kappa shape index (κ3) is 3.95. The third-order valence-electron chi connectivity index (χ3n) is 2.67. The highest BCUT2D eigenvalue weighted by atomic mass is 16.5. The summed E-state index contributed by atoms with van der Waals surface area (Å²) in [6, 6.07) is 0. The molecular formula is C11H23NO2. The summed E-state index contributed by atoms with van der Waals surface area (Å²) in [6.07, 6.45) is 1.75. The number of piperidine rings is 1. The zero-order chi connectivity index (χ0) is 10.4. The summed E-state index contributed by atoms with van der Waals surface area (Å²) < 4.78 is 11.3. The van der Waals surface area contributed by atoms with Gasteiger partial charge in [-0.15, -0.1) is 0 Å². The first-order valence-electron chi connectivity index (χ1n) is 5.68. The Bertz CT molecular complexity index is 152. The van der Waals surface area contributed by atoms with Crippen molar-refractivity contribution < 1.29 is 9.47 Å². The van der Waals surface area contributed by atoms with E-state index in [2.05, 4.69) is 19.2 Å². The summed E-state index contributed by atoms with van der Waals surface area (Å²) in [7, 11) is 0. The van der Waals surface area contributed by atoms with Gasteiger partial charge in [0.15, 0.2) is 0 Å². The van der Waals surface area contributed by atoms with E-state index in [9.17, 15) is 0 Å². The molecule has 0 spiro atoms. The lowest BCUT2D eigenvalue weighted by Gasteiger charge is -2.31. The Morgan fingerprint density at radius 2 is 2.29 bits per heavy atom. The summed E-state index contributed by atoms with van der Waals surface area (Å²) in [4.78, 5) is 0. The van der Waals surface area contributed by atoms with Gasteiger partial charge in [-0.3, -0.25) is 0 Å². The van der Waals surface area contributed by atoms with E-state index in [-0.39, 0.29) is 6.10 Å². The second kappa shape index (κ2) is 6.38. The molecule has 3 nitrogen and oxygen atoms in total. The van der Waals surface area contributed by atoms with E-state index in [4.69, 9.17) is 9.47 Å². The van der Waals surface area contributed by atoms with Gasteiger partial charge in [0.05, 0.1) is 18.8 Å². The van der Waals surface area contributed by atoms with Crippen LogP contribution in [-0.2, 0) is 9.47 Å². The van der Waals surface area contributed by atoms with Crippen molar-refractivity contribution in [2.75, 3.05) is 26.3 Å². The van der Waals surface area contributed by atoms with Crippen molar-refractivity contribution in [1.82, 2.24) is 5.32 Å². The molecule has 3 unspecified atom stereocenters. The van der Waals surface area contributed by atoms with E-state index in [1.165, 1.54) is 0 Å². The molecule has 0 aromatic heterocycles. The Kier molecular flexibility index (Phi) is 5.45. The van der Waals surface area contributed by atoms with Gasteiger partial charge in [-0.05, 0) is 32.7 Å². The molecule has 0 radical (unpaired) electrons. The van der Waals surface area contributed by atoms with Crippen molar-refractivity contribution in [3.05, 3.63) is 0 Å². The van der Waals surface area contributed by atoms with E-state index < -0.39 is 0 Å². The molecule has 3 atom stereocenters. The number of hydrogen-bond donors (Lipinski definition) is 1. The van der Waals surface area contributed by atoms with Crippen molar-refractivity contribution in [3.8, 4) is 0 Å². The van der Waals surface area contributed by atoms with Crippen LogP contribution in [0, 0.1) is 5.92 Å². The minimum atomic E-state index is 0.223. The van der Waals surface area contributed by atoms with Gasteiger partial charge < -0.3 is 14.8 Å². The van der Waals surface area contributed by atoms with Crippen LogP contribution >= 0.6 is 0 Å². The van der Waals surface area contributed by atoms with Crippen molar-refractivity contribution in [2.24, 2.45) is 5.92 Å². The molecule has 1 heterocycles. The minimum absolute atomic E-state index is 0.223. The zero-order valence-corrected chi connectivity index (χ0v) is 9.58. The highest BCUT2D eigenvalue weighted by Gasteiger charge is 2.23. The van der Waals surface area contributed by atoms with Gasteiger partial charge in [0, 0.05) is 13.2 Å². The summed E-state index contributed by atoms with van der Waals surface area (Å²) in [5, 5.41) is 3.37. The molecule has 0 amide bonds. The maximum absolute atomic E-state index is 5.94. The largest absolute Gasteiger partial charge is 0.379 e. The predicted octanol–water partition coefficient (Wildman–Crippen LogP) is 1.43. The fourth-order valence-electron chi connectivity index (χ4n) is 1.81. The van der Waals surface area contributed by atoms with Gasteiger partial charge in [0.2, 0.25) is 0 Å². The number of hydrogen-bond acceptors (Lipinski definition) is 3. The van der Waals surface area contributed by atoms with Gasteiger partial charge >= 0.3 is 0 Å². The smallest absolute Gasteiger partial charge is 0.0784 e. The van der Waals surface area contributed by atoms with Crippen LogP contribution in [0.4, 0.5) is 0 Å². The molecule has 14 heavy (non-hydrogen) atoms. The molecule has 1 saturated heterocycles. The predicted molar refractivity (Wildman–Crippen MR) is 57.5 cm³/mol. The summed E-state index contributed by atoms with van der Waals surface area (Å²) in [5.74, 6) is 0.618. The van der Waals surface area contributed by atoms with Crippen LogP contribution in [-0.4, -0.2) is 38.5 Å². The Hall–Kier alpha value is -0.120. The van der Waals surface area contributed by atoms with E-state index in [0.717, 1.165) is 26.1 Å². The van der Waals surface area contributed by atoms with Crippen LogP contribution in [0.1, 0.15) is 27.2 Å². The first-order valence-corrected chi connectivity index (χ1v) is 5.68. The lowest BCUT2D eigenvalue weighted by Crippen LogP contribution is -2.41. The van der Waals surface area contributed by atoms with Crippen LogP contribution in [0.3, 0.4) is 0 Å². The first-order chi connectivity index (χ1) is 6.74. The van der Waals surface area contributed by atoms with E-state index in [1.54, 1.807) is 0 Å². The van der Waals surface area contributed by atoms with Gasteiger partial charge in [-0.2, -0.15) is 0 Å². The summed E-state index contributed by atoms with van der Waals surface area (Å²) in [6.45, 7) is 9.99. The zero-order valence-electron chi connectivity index (χ0n) is 9.58. The molecular weight excluding hydrogens is 178 g/mol. The molecule has 1 aliphatic heterocycles. The quantitative estimate of drug-likeness (QED) is 0.730. The standard InChI is InChI=1S/C11H23NO2/c1-4-13-8-10(3)14-11-5-6-12-7-9(11)2/h9-12H,4-8H2,1-3H3. The van der Waals surface area contributed by atoms with E-state index in [1.807, 2.05) is 6.92 Å².